The Balaban J connectivity index is 1.66. The summed E-state index contributed by atoms with van der Waals surface area (Å²) in [7, 11) is 0. The number of thiophene rings is 1. The molecule has 0 saturated carbocycles. The van der Waals surface area contributed by atoms with Crippen molar-refractivity contribution in [2.45, 2.75) is 6.92 Å². The predicted molar refractivity (Wildman–Crippen MR) is 95.8 cm³/mol. The van der Waals surface area contributed by atoms with Gasteiger partial charge in [-0.15, -0.1) is 11.3 Å². The highest BCUT2D eigenvalue weighted by Gasteiger charge is 2.07. The summed E-state index contributed by atoms with van der Waals surface area (Å²) in [4.78, 5) is 11.5. The average Bonchev–Trinajstić information content (AvgIpc) is 3.19. The number of nitrogens with zero attached hydrogens (tertiary/aromatic N) is 2. The molecule has 0 unspecified atom stereocenters. The van der Waals surface area contributed by atoms with Gasteiger partial charge in [-0.2, -0.15) is 0 Å². The minimum absolute atomic E-state index is 0.621. The monoisotopic (exact) mass is 318 g/mol. The number of rotatable bonds is 3. The van der Waals surface area contributed by atoms with Crippen LogP contribution in [-0.2, 0) is 0 Å². The average molecular weight is 318 g/mol. The Morgan fingerprint density at radius 3 is 2.78 bits per heavy atom. The Kier molecular flexibility index (Phi) is 3.52. The molecule has 0 bridgehead atoms. The standard InChI is InChI=1S/C19H14N2OS/c1-13-9-10-16(23-13)12-20-15-6-4-5-14(11-15)19-21-17-7-2-3-8-18(17)22-19/h2-12H,1H3. The highest BCUT2D eigenvalue weighted by atomic mass is 32.1. The first-order valence-electron chi connectivity index (χ1n) is 7.34. The molecule has 0 saturated heterocycles. The zero-order valence-electron chi connectivity index (χ0n) is 12.6. The Morgan fingerprint density at radius 1 is 1.04 bits per heavy atom. The lowest BCUT2D eigenvalue weighted by atomic mass is 10.2. The van der Waals surface area contributed by atoms with Gasteiger partial charge in [-0.3, -0.25) is 4.99 Å². The number of hydrogen-bond donors (Lipinski definition) is 0. The quantitative estimate of drug-likeness (QED) is 0.460. The van der Waals surface area contributed by atoms with Crippen LogP contribution in [0.5, 0.6) is 0 Å². The van der Waals surface area contributed by atoms with Crippen molar-refractivity contribution in [1.82, 2.24) is 4.98 Å². The maximum Gasteiger partial charge on any atom is 0.227 e. The molecule has 0 amide bonds. The smallest absolute Gasteiger partial charge is 0.227 e. The number of hydrogen-bond acceptors (Lipinski definition) is 4. The van der Waals surface area contributed by atoms with Gasteiger partial charge in [-0.05, 0) is 49.4 Å². The molecule has 0 radical (unpaired) electrons. The van der Waals surface area contributed by atoms with Crippen molar-refractivity contribution in [3.8, 4) is 11.5 Å². The van der Waals surface area contributed by atoms with E-state index < -0.39 is 0 Å². The third kappa shape index (κ3) is 2.94. The molecule has 0 fully saturated rings. The molecule has 112 valence electrons. The largest absolute Gasteiger partial charge is 0.436 e. The molecule has 0 atom stereocenters. The molecule has 0 aliphatic rings. The first-order valence-corrected chi connectivity index (χ1v) is 8.16. The maximum atomic E-state index is 5.81. The molecule has 23 heavy (non-hydrogen) atoms. The first-order chi connectivity index (χ1) is 11.3. The summed E-state index contributed by atoms with van der Waals surface area (Å²) in [6.07, 6.45) is 1.89. The molecule has 3 nitrogen and oxygen atoms in total. The third-order valence-electron chi connectivity index (χ3n) is 3.49. The fraction of sp³-hybridized carbons (Fsp3) is 0.0526. The first kappa shape index (κ1) is 13.9. The lowest BCUT2D eigenvalue weighted by Gasteiger charge is -1.97. The number of aromatic nitrogens is 1. The van der Waals surface area contributed by atoms with Gasteiger partial charge in [-0.1, -0.05) is 18.2 Å². The minimum Gasteiger partial charge on any atom is -0.436 e. The van der Waals surface area contributed by atoms with E-state index in [1.165, 1.54) is 4.88 Å². The Morgan fingerprint density at radius 2 is 1.96 bits per heavy atom. The molecule has 0 N–H and O–H groups in total. The fourth-order valence-electron chi connectivity index (χ4n) is 2.38. The Bertz CT molecular complexity index is 964. The molecule has 4 aromatic rings. The second-order valence-corrected chi connectivity index (χ2v) is 6.56. The van der Waals surface area contributed by atoms with Crippen LogP contribution in [0.3, 0.4) is 0 Å². The van der Waals surface area contributed by atoms with Gasteiger partial charge < -0.3 is 4.42 Å². The van der Waals surface area contributed by atoms with Gasteiger partial charge in [-0.25, -0.2) is 4.98 Å². The topological polar surface area (TPSA) is 38.4 Å². The highest BCUT2D eigenvalue weighted by Crippen LogP contribution is 2.27. The van der Waals surface area contributed by atoms with E-state index in [1.807, 2.05) is 54.7 Å². The van der Waals surface area contributed by atoms with Crippen LogP contribution < -0.4 is 0 Å². The van der Waals surface area contributed by atoms with Gasteiger partial charge in [0.2, 0.25) is 5.89 Å². The van der Waals surface area contributed by atoms with Gasteiger partial charge in [0.15, 0.2) is 5.58 Å². The van der Waals surface area contributed by atoms with Crippen LogP contribution in [0.1, 0.15) is 9.75 Å². The summed E-state index contributed by atoms with van der Waals surface area (Å²) in [5.74, 6) is 0.621. The van der Waals surface area contributed by atoms with Crippen molar-refractivity contribution < 1.29 is 4.42 Å². The predicted octanol–water partition coefficient (Wildman–Crippen LogP) is 5.62. The van der Waals surface area contributed by atoms with E-state index in [0.29, 0.717) is 5.89 Å². The van der Waals surface area contributed by atoms with Crippen molar-refractivity contribution in [2.24, 2.45) is 4.99 Å². The number of aliphatic imine (C=N–C) groups is 1. The fourth-order valence-corrected chi connectivity index (χ4v) is 3.13. The number of fused-ring (bicyclic) bond motifs is 1. The lowest BCUT2D eigenvalue weighted by Crippen LogP contribution is -1.77. The molecule has 2 aromatic heterocycles. The van der Waals surface area contributed by atoms with Crippen molar-refractivity contribution in [3.63, 3.8) is 0 Å². The lowest BCUT2D eigenvalue weighted by molar-refractivity contribution is 0.620. The Labute approximate surface area is 138 Å². The molecule has 4 rings (SSSR count). The summed E-state index contributed by atoms with van der Waals surface area (Å²) in [6.45, 7) is 2.09. The summed E-state index contributed by atoms with van der Waals surface area (Å²) in [6, 6.07) is 19.9. The second kappa shape index (κ2) is 5.82. The zero-order chi connectivity index (χ0) is 15.6. The van der Waals surface area contributed by atoms with Crippen molar-refractivity contribution in [3.05, 3.63) is 70.4 Å². The van der Waals surface area contributed by atoms with Crippen LogP contribution >= 0.6 is 11.3 Å². The summed E-state index contributed by atoms with van der Waals surface area (Å²) >= 11 is 1.73. The molecule has 0 aliphatic heterocycles. The molecule has 4 heteroatoms. The van der Waals surface area contributed by atoms with E-state index in [-0.39, 0.29) is 0 Å². The van der Waals surface area contributed by atoms with E-state index in [4.69, 9.17) is 4.42 Å². The maximum absolute atomic E-state index is 5.81. The zero-order valence-corrected chi connectivity index (χ0v) is 13.4. The van der Waals surface area contributed by atoms with Crippen molar-refractivity contribution in [1.29, 1.82) is 0 Å². The third-order valence-corrected chi connectivity index (χ3v) is 4.42. The minimum atomic E-state index is 0.621. The molecule has 2 heterocycles. The van der Waals surface area contributed by atoms with E-state index in [1.54, 1.807) is 11.3 Å². The van der Waals surface area contributed by atoms with Crippen LogP contribution in [0.25, 0.3) is 22.6 Å². The Hall–Kier alpha value is -2.72. The summed E-state index contributed by atoms with van der Waals surface area (Å²) < 4.78 is 5.81. The van der Waals surface area contributed by atoms with Crippen LogP contribution in [0, 0.1) is 6.92 Å². The molecular weight excluding hydrogens is 304 g/mol. The number of aryl methyl sites for hydroxylation is 1. The van der Waals surface area contributed by atoms with Gasteiger partial charge in [0.1, 0.15) is 5.52 Å². The summed E-state index contributed by atoms with van der Waals surface area (Å²) in [5.41, 5.74) is 3.48. The molecule has 0 spiro atoms. The van der Waals surface area contributed by atoms with Gasteiger partial charge >= 0.3 is 0 Å². The van der Waals surface area contributed by atoms with E-state index in [0.717, 1.165) is 27.2 Å². The summed E-state index contributed by atoms with van der Waals surface area (Å²) in [5, 5.41) is 0. The normalized spacial score (nSPS) is 11.5. The molecular formula is C19H14N2OS. The molecule has 0 aliphatic carbocycles. The van der Waals surface area contributed by atoms with Gasteiger partial charge in [0.25, 0.3) is 0 Å². The number of benzene rings is 2. The van der Waals surface area contributed by atoms with Gasteiger partial charge in [0.05, 0.1) is 5.69 Å². The molecule has 2 aromatic carbocycles. The van der Waals surface area contributed by atoms with Gasteiger partial charge in [0, 0.05) is 21.5 Å². The SMILES string of the molecule is Cc1ccc(C=Nc2cccc(-c3nc4ccccc4o3)c2)s1. The number of oxazole rings is 1. The van der Waals surface area contributed by atoms with Crippen molar-refractivity contribution in [2.75, 3.05) is 0 Å². The highest BCUT2D eigenvalue weighted by molar-refractivity contribution is 7.13. The van der Waals surface area contributed by atoms with E-state index in [9.17, 15) is 0 Å². The van der Waals surface area contributed by atoms with Crippen LogP contribution in [-0.4, -0.2) is 11.2 Å². The van der Waals surface area contributed by atoms with Crippen LogP contribution in [0.15, 0.2) is 70.1 Å². The number of para-hydroxylation sites is 2. The van der Waals surface area contributed by atoms with Crippen LogP contribution in [0.4, 0.5) is 5.69 Å². The van der Waals surface area contributed by atoms with E-state index >= 15 is 0 Å². The van der Waals surface area contributed by atoms with E-state index in [2.05, 4.69) is 29.0 Å². The van der Waals surface area contributed by atoms with Crippen LogP contribution in [0.2, 0.25) is 0 Å². The second-order valence-electron chi connectivity index (χ2n) is 5.24. The van der Waals surface area contributed by atoms with Crippen molar-refractivity contribution >= 4 is 34.3 Å².